The highest BCUT2D eigenvalue weighted by molar-refractivity contribution is 5.32. The van der Waals surface area contributed by atoms with Gasteiger partial charge in [-0.1, -0.05) is 19.4 Å². The number of ether oxygens (including phenoxy) is 2. The van der Waals surface area contributed by atoms with Gasteiger partial charge in [0.2, 0.25) is 0 Å². The molecule has 0 saturated heterocycles. The molecule has 0 aliphatic carbocycles. The number of aliphatic hydroxyl groups excluding tert-OH is 1. The van der Waals surface area contributed by atoms with Crippen molar-refractivity contribution in [3.05, 3.63) is 24.3 Å². The SMILES string of the molecule is CCCCNCC(O)COc1cccc(OC)c1. The van der Waals surface area contributed by atoms with Gasteiger partial charge in [-0.15, -0.1) is 0 Å². The van der Waals surface area contributed by atoms with E-state index in [1.54, 1.807) is 13.2 Å². The zero-order valence-corrected chi connectivity index (χ0v) is 11.2. The van der Waals surface area contributed by atoms with Crippen LogP contribution in [0.2, 0.25) is 0 Å². The molecule has 4 heteroatoms. The maximum Gasteiger partial charge on any atom is 0.123 e. The first-order valence-corrected chi connectivity index (χ1v) is 6.42. The molecule has 0 saturated carbocycles. The first-order valence-electron chi connectivity index (χ1n) is 6.42. The van der Waals surface area contributed by atoms with Crippen molar-refractivity contribution in [2.45, 2.75) is 25.9 Å². The Bertz CT molecular complexity index is 331. The van der Waals surface area contributed by atoms with E-state index < -0.39 is 6.10 Å². The number of hydrogen-bond acceptors (Lipinski definition) is 4. The Labute approximate surface area is 109 Å². The molecule has 102 valence electrons. The summed E-state index contributed by atoms with van der Waals surface area (Å²) in [4.78, 5) is 0. The van der Waals surface area contributed by atoms with E-state index in [9.17, 15) is 5.11 Å². The molecule has 0 heterocycles. The Kier molecular flexibility index (Phi) is 7.22. The van der Waals surface area contributed by atoms with Crippen LogP contribution < -0.4 is 14.8 Å². The highest BCUT2D eigenvalue weighted by Gasteiger charge is 2.05. The van der Waals surface area contributed by atoms with E-state index >= 15 is 0 Å². The van der Waals surface area contributed by atoms with Gasteiger partial charge < -0.3 is 19.9 Å². The fraction of sp³-hybridized carbons (Fsp3) is 0.571. The number of benzene rings is 1. The molecule has 0 spiro atoms. The predicted octanol–water partition coefficient (Wildman–Crippen LogP) is 1.82. The van der Waals surface area contributed by atoms with Gasteiger partial charge in [0, 0.05) is 12.6 Å². The second-order valence-electron chi connectivity index (χ2n) is 4.20. The van der Waals surface area contributed by atoms with Gasteiger partial charge in [0.1, 0.15) is 24.2 Å². The van der Waals surface area contributed by atoms with Crippen LogP contribution in [0.3, 0.4) is 0 Å². The summed E-state index contributed by atoms with van der Waals surface area (Å²) in [6.45, 7) is 3.92. The minimum Gasteiger partial charge on any atom is -0.497 e. The molecule has 1 aromatic rings. The molecule has 0 aliphatic rings. The van der Waals surface area contributed by atoms with Crippen LogP contribution >= 0.6 is 0 Å². The van der Waals surface area contributed by atoms with E-state index in [0.29, 0.717) is 12.3 Å². The Morgan fingerprint density at radius 1 is 1.33 bits per heavy atom. The van der Waals surface area contributed by atoms with Crippen LogP contribution in [-0.4, -0.2) is 38.0 Å². The monoisotopic (exact) mass is 253 g/mol. The number of unbranched alkanes of at least 4 members (excludes halogenated alkanes) is 1. The van der Waals surface area contributed by atoms with E-state index in [2.05, 4.69) is 12.2 Å². The van der Waals surface area contributed by atoms with Crippen molar-refractivity contribution >= 4 is 0 Å². The van der Waals surface area contributed by atoms with Crippen molar-refractivity contribution in [2.75, 3.05) is 26.8 Å². The quantitative estimate of drug-likeness (QED) is 0.659. The molecule has 1 atom stereocenters. The van der Waals surface area contributed by atoms with Crippen LogP contribution in [0.25, 0.3) is 0 Å². The van der Waals surface area contributed by atoms with Crippen LogP contribution in [0.4, 0.5) is 0 Å². The minimum atomic E-state index is -0.493. The van der Waals surface area contributed by atoms with Crippen LogP contribution in [0.1, 0.15) is 19.8 Å². The van der Waals surface area contributed by atoms with E-state index in [-0.39, 0.29) is 6.61 Å². The normalized spacial score (nSPS) is 12.2. The Balaban J connectivity index is 2.22. The summed E-state index contributed by atoms with van der Waals surface area (Å²) in [6.07, 6.45) is 1.79. The van der Waals surface area contributed by atoms with Gasteiger partial charge in [0.05, 0.1) is 7.11 Å². The first-order chi connectivity index (χ1) is 8.76. The smallest absolute Gasteiger partial charge is 0.123 e. The molecule has 18 heavy (non-hydrogen) atoms. The second kappa shape index (κ2) is 8.78. The summed E-state index contributed by atoms with van der Waals surface area (Å²) in [5.41, 5.74) is 0. The van der Waals surface area contributed by atoms with Crippen LogP contribution in [0.5, 0.6) is 11.5 Å². The van der Waals surface area contributed by atoms with Crippen LogP contribution in [0, 0.1) is 0 Å². The maximum atomic E-state index is 9.72. The van der Waals surface area contributed by atoms with Gasteiger partial charge in [-0.3, -0.25) is 0 Å². The third kappa shape index (κ3) is 5.89. The van der Waals surface area contributed by atoms with Gasteiger partial charge in [-0.2, -0.15) is 0 Å². The van der Waals surface area contributed by atoms with E-state index in [4.69, 9.17) is 9.47 Å². The largest absolute Gasteiger partial charge is 0.497 e. The van der Waals surface area contributed by atoms with Crippen molar-refractivity contribution in [3.8, 4) is 11.5 Å². The third-order valence-electron chi connectivity index (χ3n) is 2.57. The molecule has 1 unspecified atom stereocenters. The molecule has 0 bridgehead atoms. The maximum absolute atomic E-state index is 9.72. The zero-order valence-electron chi connectivity index (χ0n) is 11.2. The molecule has 0 fully saturated rings. The van der Waals surface area contributed by atoms with Crippen molar-refractivity contribution in [1.82, 2.24) is 5.32 Å². The average Bonchev–Trinajstić information content (AvgIpc) is 2.41. The number of hydrogen-bond donors (Lipinski definition) is 2. The van der Waals surface area contributed by atoms with E-state index in [1.165, 1.54) is 0 Å². The molecule has 0 aliphatic heterocycles. The molecular formula is C14H23NO3. The molecule has 0 aromatic heterocycles. The third-order valence-corrected chi connectivity index (χ3v) is 2.57. The number of nitrogens with one attached hydrogen (secondary N) is 1. The molecule has 4 nitrogen and oxygen atoms in total. The van der Waals surface area contributed by atoms with Crippen molar-refractivity contribution in [2.24, 2.45) is 0 Å². The Morgan fingerprint density at radius 2 is 2.11 bits per heavy atom. The molecule has 0 radical (unpaired) electrons. The summed E-state index contributed by atoms with van der Waals surface area (Å²) in [6, 6.07) is 7.37. The lowest BCUT2D eigenvalue weighted by Crippen LogP contribution is -2.31. The second-order valence-corrected chi connectivity index (χ2v) is 4.20. The standard InChI is InChI=1S/C14H23NO3/c1-3-4-8-15-10-12(16)11-18-14-7-5-6-13(9-14)17-2/h5-7,9,12,15-16H,3-4,8,10-11H2,1-2H3. The van der Waals surface area contributed by atoms with E-state index in [0.717, 1.165) is 25.1 Å². The predicted molar refractivity (Wildman–Crippen MR) is 72.3 cm³/mol. The molecule has 1 aromatic carbocycles. The summed E-state index contributed by atoms with van der Waals surface area (Å²) < 4.78 is 10.6. The Morgan fingerprint density at radius 3 is 2.83 bits per heavy atom. The minimum absolute atomic E-state index is 0.284. The van der Waals surface area contributed by atoms with Crippen molar-refractivity contribution in [3.63, 3.8) is 0 Å². The highest BCUT2D eigenvalue weighted by Crippen LogP contribution is 2.18. The summed E-state index contributed by atoms with van der Waals surface area (Å²) >= 11 is 0. The fourth-order valence-corrected chi connectivity index (χ4v) is 1.51. The van der Waals surface area contributed by atoms with Gasteiger partial charge in [0.25, 0.3) is 0 Å². The van der Waals surface area contributed by atoms with Crippen LogP contribution in [0.15, 0.2) is 24.3 Å². The lowest BCUT2D eigenvalue weighted by atomic mass is 10.3. The zero-order chi connectivity index (χ0) is 13.2. The molecule has 0 amide bonds. The molecular weight excluding hydrogens is 230 g/mol. The summed E-state index contributed by atoms with van der Waals surface area (Å²) in [5.74, 6) is 1.46. The number of rotatable bonds is 9. The van der Waals surface area contributed by atoms with Crippen molar-refractivity contribution < 1.29 is 14.6 Å². The van der Waals surface area contributed by atoms with Gasteiger partial charge in [0.15, 0.2) is 0 Å². The van der Waals surface area contributed by atoms with Crippen LogP contribution in [-0.2, 0) is 0 Å². The summed E-state index contributed by atoms with van der Waals surface area (Å²) in [7, 11) is 1.62. The van der Waals surface area contributed by atoms with Gasteiger partial charge in [-0.05, 0) is 25.1 Å². The lowest BCUT2D eigenvalue weighted by Gasteiger charge is -2.13. The van der Waals surface area contributed by atoms with E-state index in [1.807, 2.05) is 18.2 Å². The van der Waals surface area contributed by atoms with Gasteiger partial charge in [-0.25, -0.2) is 0 Å². The topological polar surface area (TPSA) is 50.7 Å². The molecule has 2 N–H and O–H groups in total. The Hall–Kier alpha value is -1.26. The average molecular weight is 253 g/mol. The molecule has 1 rings (SSSR count). The fourth-order valence-electron chi connectivity index (χ4n) is 1.51. The lowest BCUT2D eigenvalue weighted by molar-refractivity contribution is 0.106. The number of methoxy groups -OCH3 is 1. The number of aliphatic hydroxyl groups is 1. The summed E-state index contributed by atoms with van der Waals surface area (Å²) in [5, 5.41) is 12.9. The van der Waals surface area contributed by atoms with Crippen molar-refractivity contribution in [1.29, 1.82) is 0 Å². The highest BCUT2D eigenvalue weighted by atomic mass is 16.5. The van der Waals surface area contributed by atoms with Gasteiger partial charge >= 0.3 is 0 Å². The first kappa shape index (κ1) is 14.8.